The second kappa shape index (κ2) is 7.85. The van der Waals surface area contributed by atoms with Crippen molar-refractivity contribution in [3.8, 4) is 0 Å². The van der Waals surface area contributed by atoms with Crippen LogP contribution in [0.1, 0.15) is 44.9 Å². The van der Waals surface area contributed by atoms with Gasteiger partial charge in [-0.25, -0.2) is 0 Å². The van der Waals surface area contributed by atoms with E-state index in [1.165, 1.54) is 38.5 Å². The molecule has 110 valence electrons. The summed E-state index contributed by atoms with van der Waals surface area (Å²) in [4.78, 5) is 14.0. The second-order valence-corrected chi connectivity index (χ2v) is 6.04. The largest absolute Gasteiger partial charge is 0.378 e. The number of nitrogens with one attached hydrogen (secondary N) is 1. The molecule has 0 radical (unpaired) electrons. The molecule has 0 aromatic rings. The van der Waals surface area contributed by atoms with Crippen LogP contribution in [-0.4, -0.2) is 50.2 Å². The van der Waals surface area contributed by atoms with E-state index >= 15 is 0 Å². The zero-order valence-corrected chi connectivity index (χ0v) is 12.2. The molecule has 1 saturated heterocycles. The third-order valence-electron chi connectivity index (χ3n) is 4.44. The molecule has 4 heteroatoms. The molecule has 1 saturated carbocycles. The number of hydrogen-bond acceptors (Lipinski definition) is 3. The van der Waals surface area contributed by atoms with Crippen molar-refractivity contribution in [2.24, 2.45) is 5.92 Å². The predicted molar refractivity (Wildman–Crippen MR) is 76.1 cm³/mol. The molecule has 2 aliphatic rings. The Morgan fingerprint density at radius 1 is 1.32 bits per heavy atom. The summed E-state index contributed by atoms with van der Waals surface area (Å²) in [6, 6.07) is 0.207. The zero-order chi connectivity index (χ0) is 13.5. The highest BCUT2D eigenvalue weighted by atomic mass is 16.5. The first-order valence-electron chi connectivity index (χ1n) is 7.81. The van der Waals surface area contributed by atoms with Crippen molar-refractivity contribution in [3.05, 3.63) is 0 Å². The molecule has 0 bridgehead atoms. The fourth-order valence-corrected chi connectivity index (χ4v) is 3.09. The number of carbonyl (C=O) groups excluding carboxylic acids is 1. The monoisotopic (exact) mass is 268 g/mol. The van der Waals surface area contributed by atoms with Crippen molar-refractivity contribution in [1.29, 1.82) is 0 Å². The lowest BCUT2D eigenvalue weighted by molar-refractivity contribution is -0.131. The standard InChI is InChI=1S/C15H28N2O2/c1-17(9-7-13-5-3-2-4-6-13)15(18)11-14-12-19-10-8-16-14/h13-14,16H,2-12H2,1H3. The van der Waals surface area contributed by atoms with Gasteiger partial charge in [-0.15, -0.1) is 0 Å². The van der Waals surface area contributed by atoms with Crippen LogP contribution < -0.4 is 5.32 Å². The summed E-state index contributed by atoms with van der Waals surface area (Å²) in [6.07, 6.45) is 8.63. The van der Waals surface area contributed by atoms with Gasteiger partial charge in [0.1, 0.15) is 0 Å². The highest BCUT2D eigenvalue weighted by Crippen LogP contribution is 2.26. The number of morpholine rings is 1. The molecule has 4 nitrogen and oxygen atoms in total. The maximum absolute atomic E-state index is 12.1. The third-order valence-corrected chi connectivity index (χ3v) is 4.44. The zero-order valence-electron chi connectivity index (χ0n) is 12.2. The average molecular weight is 268 g/mol. The van der Waals surface area contributed by atoms with Crippen LogP contribution in [0, 0.1) is 5.92 Å². The summed E-state index contributed by atoms with van der Waals surface area (Å²) in [5, 5.41) is 3.34. The van der Waals surface area contributed by atoms with E-state index in [4.69, 9.17) is 4.74 Å². The van der Waals surface area contributed by atoms with E-state index in [9.17, 15) is 4.79 Å². The molecule has 1 aliphatic heterocycles. The molecular formula is C15H28N2O2. The lowest BCUT2D eigenvalue weighted by Gasteiger charge is -2.27. The first-order valence-corrected chi connectivity index (χ1v) is 7.81. The number of nitrogens with zero attached hydrogens (tertiary/aromatic N) is 1. The molecule has 1 unspecified atom stereocenters. The van der Waals surface area contributed by atoms with Crippen molar-refractivity contribution < 1.29 is 9.53 Å². The van der Waals surface area contributed by atoms with Gasteiger partial charge >= 0.3 is 0 Å². The van der Waals surface area contributed by atoms with Crippen LogP contribution >= 0.6 is 0 Å². The third kappa shape index (κ3) is 5.11. The Kier molecular flexibility index (Phi) is 6.11. The fourth-order valence-electron chi connectivity index (χ4n) is 3.09. The van der Waals surface area contributed by atoms with E-state index in [-0.39, 0.29) is 11.9 Å². The van der Waals surface area contributed by atoms with Gasteiger partial charge in [0.05, 0.1) is 13.2 Å². The van der Waals surface area contributed by atoms with Crippen molar-refractivity contribution in [3.63, 3.8) is 0 Å². The summed E-state index contributed by atoms with van der Waals surface area (Å²) in [5.41, 5.74) is 0. The number of ether oxygens (including phenoxy) is 1. The van der Waals surface area contributed by atoms with Gasteiger partial charge in [-0.1, -0.05) is 32.1 Å². The van der Waals surface area contributed by atoms with Crippen molar-refractivity contribution in [2.45, 2.75) is 51.0 Å². The van der Waals surface area contributed by atoms with Crippen LogP contribution in [0.4, 0.5) is 0 Å². The smallest absolute Gasteiger partial charge is 0.223 e. The predicted octanol–water partition coefficient (Wildman–Crippen LogP) is 1.79. The second-order valence-electron chi connectivity index (χ2n) is 6.04. The maximum atomic E-state index is 12.1. The lowest BCUT2D eigenvalue weighted by atomic mass is 9.87. The summed E-state index contributed by atoms with van der Waals surface area (Å²) in [7, 11) is 1.94. The number of rotatable bonds is 5. The van der Waals surface area contributed by atoms with Crippen molar-refractivity contribution in [1.82, 2.24) is 10.2 Å². The van der Waals surface area contributed by atoms with Crippen LogP contribution in [0.5, 0.6) is 0 Å². The summed E-state index contributed by atoms with van der Waals surface area (Å²) < 4.78 is 5.38. The van der Waals surface area contributed by atoms with E-state index < -0.39 is 0 Å². The first kappa shape index (κ1) is 14.8. The van der Waals surface area contributed by atoms with Crippen LogP contribution in [-0.2, 0) is 9.53 Å². The van der Waals surface area contributed by atoms with E-state index in [1.54, 1.807) is 0 Å². The van der Waals surface area contributed by atoms with Crippen LogP contribution in [0.3, 0.4) is 0 Å². The van der Waals surface area contributed by atoms with Gasteiger partial charge in [0.25, 0.3) is 0 Å². The maximum Gasteiger partial charge on any atom is 0.223 e. The highest BCUT2D eigenvalue weighted by Gasteiger charge is 2.20. The van der Waals surface area contributed by atoms with E-state index in [1.807, 2.05) is 11.9 Å². The molecule has 2 fully saturated rings. The average Bonchev–Trinajstić information content (AvgIpc) is 2.47. The first-order chi connectivity index (χ1) is 9.25. The van der Waals surface area contributed by atoms with Gasteiger partial charge in [-0.05, 0) is 12.3 Å². The van der Waals surface area contributed by atoms with Crippen LogP contribution in [0.25, 0.3) is 0 Å². The molecule has 1 heterocycles. The minimum atomic E-state index is 0.207. The molecular weight excluding hydrogens is 240 g/mol. The minimum Gasteiger partial charge on any atom is -0.378 e. The molecule has 0 aromatic heterocycles. The van der Waals surface area contributed by atoms with Crippen molar-refractivity contribution >= 4 is 5.91 Å². The quantitative estimate of drug-likeness (QED) is 0.826. The van der Waals surface area contributed by atoms with Crippen molar-refractivity contribution in [2.75, 3.05) is 33.4 Å². The summed E-state index contributed by atoms with van der Waals surface area (Å²) >= 11 is 0. The van der Waals surface area contributed by atoms with Crippen LogP contribution in [0.2, 0.25) is 0 Å². The summed E-state index contributed by atoms with van der Waals surface area (Å²) in [6.45, 7) is 3.21. The Labute approximate surface area is 116 Å². The number of hydrogen-bond donors (Lipinski definition) is 1. The Morgan fingerprint density at radius 2 is 2.11 bits per heavy atom. The van der Waals surface area contributed by atoms with Gasteiger partial charge in [0, 0.05) is 32.6 Å². The highest BCUT2D eigenvalue weighted by molar-refractivity contribution is 5.76. The molecule has 19 heavy (non-hydrogen) atoms. The van der Waals surface area contributed by atoms with Crippen LogP contribution in [0.15, 0.2) is 0 Å². The number of amides is 1. The van der Waals surface area contributed by atoms with E-state index in [0.717, 1.165) is 25.6 Å². The number of carbonyl (C=O) groups is 1. The fraction of sp³-hybridized carbons (Fsp3) is 0.933. The SMILES string of the molecule is CN(CCC1CCCCC1)C(=O)CC1COCCN1. The molecule has 1 amide bonds. The molecule has 0 aromatic carbocycles. The molecule has 2 rings (SSSR count). The lowest BCUT2D eigenvalue weighted by Crippen LogP contribution is -2.44. The minimum absolute atomic E-state index is 0.207. The summed E-state index contributed by atoms with van der Waals surface area (Å²) in [5.74, 6) is 1.10. The molecule has 1 aliphatic carbocycles. The van der Waals surface area contributed by atoms with E-state index in [0.29, 0.717) is 13.0 Å². The normalized spacial score (nSPS) is 25.2. The Hall–Kier alpha value is -0.610. The van der Waals surface area contributed by atoms with Gasteiger partial charge in [-0.3, -0.25) is 4.79 Å². The molecule has 1 atom stereocenters. The van der Waals surface area contributed by atoms with Gasteiger partial charge in [0.2, 0.25) is 5.91 Å². The Morgan fingerprint density at radius 3 is 2.79 bits per heavy atom. The van der Waals surface area contributed by atoms with Gasteiger partial charge in [-0.2, -0.15) is 0 Å². The Bertz CT molecular complexity index is 271. The van der Waals surface area contributed by atoms with E-state index in [2.05, 4.69) is 5.32 Å². The molecule has 1 N–H and O–H groups in total. The Balaban J connectivity index is 1.63. The molecule has 0 spiro atoms. The van der Waals surface area contributed by atoms with Gasteiger partial charge < -0.3 is 15.0 Å². The van der Waals surface area contributed by atoms with Gasteiger partial charge in [0.15, 0.2) is 0 Å². The topological polar surface area (TPSA) is 41.6 Å².